The molecular formula is C38H40Cl2O4SiZr. The summed E-state index contributed by atoms with van der Waals surface area (Å²) in [6.45, 7) is 8.55. The Bertz CT molecular complexity index is 1700. The fourth-order valence-corrected chi connectivity index (χ4v) is 5.28. The zero-order valence-electron chi connectivity index (χ0n) is 27.6. The summed E-state index contributed by atoms with van der Waals surface area (Å²) in [5.74, 6) is 3.26. The predicted molar refractivity (Wildman–Crippen MR) is 195 cm³/mol. The van der Waals surface area contributed by atoms with E-state index in [1.807, 2.05) is 24.3 Å². The second kappa shape index (κ2) is 19.0. The van der Waals surface area contributed by atoms with Gasteiger partial charge in [0.15, 0.2) is 0 Å². The average molecular weight is 751 g/mol. The summed E-state index contributed by atoms with van der Waals surface area (Å²) in [6, 6.07) is 33.4. The van der Waals surface area contributed by atoms with Crippen LogP contribution in [0.5, 0.6) is 23.0 Å². The molecule has 0 amide bonds. The predicted octanol–water partition coefficient (Wildman–Crippen LogP) is 11.3. The summed E-state index contributed by atoms with van der Waals surface area (Å²) in [4.78, 5) is 0. The molecular weight excluding hydrogens is 711 g/mol. The van der Waals surface area contributed by atoms with Gasteiger partial charge in [-0.15, -0.1) is 69.1 Å². The fourth-order valence-electron chi connectivity index (χ4n) is 5.28. The summed E-state index contributed by atoms with van der Waals surface area (Å²) >= 11 is -0.826. The van der Waals surface area contributed by atoms with Crippen molar-refractivity contribution in [3.05, 3.63) is 108 Å². The van der Waals surface area contributed by atoms with E-state index in [-0.39, 0.29) is 0 Å². The Hall–Kier alpha value is -3.02. The molecule has 6 aromatic rings. The van der Waals surface area contributed by atoms with Gasteiger partial charge in [-0.3, -0.25) is 0 Å². The van der Waals surface area contributed by atoms with E-state index >= 15 is 0 Å². The van der Waals surface area contributed by atoms with Gasteiger partial charge >= 0.3 is 37.9 Å². The minimum absolute atomic E-state index is 0.802. The van der Waals surface area contributed by atoms with E-state index in [2.05, 4.69) is 99.7 Å². The Morgan fingerprint density at radius 1 is 0.543 bits per heavy atom. The first-order valence-electron chi connectivity index (χ1n) is 14.6. The van der Waals surface area contributed by atoms with E-state index in [0.29, 0.717) is 0 Å². The molecule has 4 nitrogen and oxygen atoms in total. The third-order valence-corrected chi connectivity index (χ3v) is 7.19. The summed E-state index contributed by atoms with van der Waals surface area (Å²) in [5, 5.41) is 5.04. The molecule has 8 heteroatoms. The van der Waals surface area contributed by atoms with Gasteiger partial charge in [-0.1, -0.05) is 50.2 Å². The number of benzene rings is 4. The van der Waals surface area contributed by atoms with Gasteiger partial charge in [0.05, 0.1) is 28.4 Å². The Balaban J connectivity index is 0.000000214. The van der Waals surface area contributed by atoms with Gasteiger partial charge in [0.25, 0.3) is 0 Å². The molecule has 238 valence electrons. The molecule has 2 radical (unpaired) electrons. The van der Waals surface area contributed by atoms with Crippen molar-refractivity contribution in [2.24, 2.45) is 0 Å². The Morgan fingerprint density at radius 3 is 1.24 bits per heavy atom. The van der Waals surface area contributed by atoms with Crippen molar-refractivity contribution in [3.8, 4) is 45.3 Å². The number of halogens is 2. The molecule has 0 bridgehead atoms. The van der Waals surface area contributed by atoms with Crippen molar-refractivity contribution in [1.29, 1.82) is 0 Å². The van der Waals surface area contributed by atoms with Gasteiger partial charge in [0, 0.05) is 32.8 Å². The standard InChI is InChI=1S/2C18H17O2.C2H6Si.2ClH.Zr/c2*1-12-9-13-5-4-6-15(17(13)10-12)16-8-7-14(19-2)11-18(16)20-3;1-3-2;;;/h2*4-11H,1-3H3;1-2H3;2*1H;/q2*-1;;;;+4/p-2. The number of rotatable bonds is 6. The van der Waals surface area contributed by atoms with Crippen LogP contribution in [0, 0.1) is 13.8 Å². The summed E-state index contributed by atoms with van der Waals surface area (Å²) in [5.41, 5.74) is 7.11. The summed E-state index contributed by atoms with van der Waals surface area (Å²) in [6.07, 6.45) is 0. The number of methoxy groups -OCH3 is 4. The van der Waals surface area contributed by atoms with Gasteiger partial charge in [0.1, 0.15) is 23.0 Å². The first-order valence-corrected chi connectivity index (χ1v) is 22.9. The van der Waals surface area contributed by atoms with Gasteiger partial charge in [-0.2, -0.15) is 12.1 Å². The van der Waals surface area contributed by atoms with E-state index in [1.54, 1.807) is 28.4 Å². The molecule has 0 aliphatic rings. The van der Waals surface area contributed by atoms with Crippen LogP contribution in [0.25, 0.3) is 43.8 Å². The quantitative estimate of drug-likeness (QED) is 0.125. The molecule has 0 aliphatic carbocycles. The maximum atomic E-state index is 5.52. The van der Waals surface area contributed by atoms with Gasteiger partial charge in [-0.25, -0.2) is 0 Å². The number of ether oxygens (including phenoxy) is 4. The van der Waals surface area contributed by atoms with Crippen LogP contribution in [0.2, 0.25) is 13.1 Å². The second-order valence-corrected chi connectivity index (χ2v) is 15.1. The second-order valence-electron chi connectivity index (χ2n) is 10.4. The Morgan fingerprint density at radius 2 is 0.913 bits per heavy atom. The molecule has 0 atom stereocenters. The first-order chi connectivity index (χ1) is 22.3. The Kier molecular flexibility index (Phi) is 15.4. The SMILES string of the molecule is COc1ccc(-c2cccc3[cH-]c(C)cc23)c(OC)c1.COc1ccc(-c2cccc3[cH-]c(C)cc23)c(OC)c1.C[Si]C.[Cl][Zr+2][Cl]. The van der Waals surface area contributed by atoms with Crippen molar-refractivity contribution in [3.63, 3.8) is 0 Å². The topological polar surface area (TPSA) is 36.9 Å². The zero-order valence-corrected chi connectivity index (χ0v) is 32.6. The van der Waals surface area contributed by atoms with Crippen LogP contribution in [0.15, 0.2) is 97.1 Å². The number of aryl methyl sites for hydroxylation is 2. The molecule has 0 spiro atoms. The molecule has 0 heterocycles. The average Bonchev–Trinajstić information content (AvgIpc) is 3.65. The minimum atomic E-state index is -0.826. The van der Waals surface area contributed by atoms with Crippen LogP contribution >= 0.6 is 17.0 Å². The van der Waals surface area contributed by atoms with Crippen LogP contribution in [-0.4, -0.2) is 38.0 Å². The van der Waals surface area contributed by atoms with Crippen LogP contribution < -0.4 is 18.9 Å². The van der Waals surface area contributed by atoms with Crippen LogP contribution in [0.4, 0.5) is 0 Å². The fraction of sp³-hybridized carbons (Fsp3) is 0.211. The molecule has 0 aliphatic heterocycles. The molecule has 0 unspecified atom stereocenters. The third kappa shape index (κ3) is 9.51. The number of hydrogen-bond acceptors (Lipinski definition) is 4. The van der Waals surface area contributed by atoms with Gasteiger partial charge < -0.3 is 18.9 Å². The van der Waals surface area contributed by atoms with Crippen LogP contribution in [0.3, 0.4) is 0 Å². The normalized spacial score (nSPS) is 9.96. The van der Waals surface area contributed by atoms with E-state index in [1.165, 1.54) is 43.8 Å². The van der Waals surface area contributed by atoms with Crippen LogP contribution in [-0.2, 0) is 20.8 Å². The molecule has 0 saturated heterocycles. The van der Waals surface area contributed by atoms with Crippen molar-refractivity contribution in [2.45, 2.75) is 26.9 Å². The van der Waals surface area contributed by atoms with Crippen molar-refractivity contribution < 1.29 is 39.8 Å². The summed E-state index contributed by atoms with van der Waals surface area (Å²) in [7, 11) is 17.7. The van der Waals surface area contributed by atoms with Crippen molar-refractivity contribution >= 4 is 48.1 Å². The maximum absolute atomic E-state index is 5.52. The molecule has 46 heavy (non-hydrogen) atoms. The molecule has 0 N–H and O–H groups in total. The van der Waals surface area contributed by atoms with Crippen LogP contribution in [0.1, 0.15) is 11.1 Å². The molecule has 6 aromatic carbocycles. The molecule has 0 fully saturated rings. The van der Waals surface area contributed by atoms with E-state index < -0.39 is 20.8 Å². The van der Waals surface area contributed by atoms with E-state index in [4.69, 9.17) is 36.0 Å². The third-order valence-electron chi connectivity index (χ3n) is 7.19. The Labute approximate surface area is 294 Å². The van der Waals surface area contributed by atoms with Gasteiger partial charge in [0.2, 0.25) is 0 Å². The summed E-state index contributed by atoms with van der Waals surface area (Å²) < 4.78 is 21.6. The van der Waals surface area contributed by atoms with Crippen molar-refractivity contribution in [2.75, 3.05) is 28.4 Å². The molecule has 0 saturated carbocycles. The van der Waals surface area contributed by atoms with E-state index in [0.717, 1.165) is 43.6 Å². The molecule has 6 rings (SSSR count). The van der Waals surface area contributed by atoms with Crippen molar-refractivity contribution in [1.82, 2.24) is 0 Å². The van der Waals surface area contributed by atoms with Gasteiger partial charge in [-0.05, 0) is 24.3 Å². The van der Waals surface area contributed by atoms with E-state index in [9.17, 15) is 0 Å². The molecule has 0 aromatic heterocycles. The zero-order chi connectivity index (χ0) is 33.6. The number of fused-ring (bicyclic) bond motifs is 2. The monoisotopic (exact) mass is 748 g/mol. The number of hydrogen-bond donors (Lipinski definition) is 0. The first kappa shape index (κ1) is 37.4.